The summed E-state index contributed by atoms with van der Waals surface area (Å²) in [4.78, 5) is 16.4. The molecule has 0 aliphatic heterocycles. The molecule has 1 atom stereocenters. The summed E-state index contributed by atoms with van der Waals surface area (Å²) in [6, 6.07) is 5.20. The summed E-state index contributed by atoms with van der Waals surface area (Å²) in [5.41, 5.74) is 0.799. The lowest BCUT2D eigenvalue weighted by molar-refractivity contribution is 0.0943. The minimum atomic E-state index is -0.916. The molecule has 0 radical (unpaired) electrons. The van der Waals surface area contributed by atoms with Crippen molar-refractivity contribution in [1.29, 1.82) is 5.26 Å². The molecule has 1 unspecified atom stereocenters. The maximum Gasteiger partial charge on any atom is 0.222 e. The first-order chi connectivity index (χ1) is 9.15. The van der Waals surface area contributed by atoms with Crippen molar-refractivity contribution in [3.8, 4) is 6.07 Å². The van der Waals surface area contributed by atoms with Crippen molar-refractivity contribution in [3.05, 3.63) is 39.7 Å². The summed E-state index contributed by atoms with van der Waals surface area (Å²) in [6.45, 7) is 2.11. The van der Waals surface area contributed by atoms with E-state index in [9.17, 15) is 4.79 Å². The fourth-order valence-electron chi connectivity index (χ4n) is 1.60. The molecule has 0 bridgehead atoms. The maximum atomic E-state index is 12.2. The number of aryl methyl sites for hydroxylation is 1. The van der Waals surface area contributed by atoms with Gasteiger partial charge < -0.3 is 9.15 Å². The lowest BCUT2D eigenvalue weighted by Gasteiger charge is -2.02. The Morgan fingerprint density at radius 2 is 2.42 bits per heavy atom. The Morgan fingerprint density at radius 1 is 1.63 bits per heavy atom. The van der Waals surface area contributed by atoms with Crippen LogP contribution in [0.3, 0.4) is 0 Å². The van der Waals surface area contributed by atoms with Gasteiger partial charge in [0, 0.05) is 18.2 Å². The molecule has 98 valence electrons. The zero-order chi connectivity index (χ0) is 13.8. The molecule has 0 spiro atoms. The Morgan fingerprint density at radius 3 is 3.00 bits per heavy atom. The van der Waals surface area contributed by atoms with Crippen LogP contribution in [-0.2, 0) is 11.3 Å². The summed E-state index contributed by atoms with van der Waals surface area (Å²) in [5.74, 6) is -0.580. The van der Waals surface area contributed by atoms with Crippen LogP contribution in [0.4, 0.5) is 0 Å². The summed E-state index contributed by atoms with van der Waals surface area (Å²) in [6.07, 6.45) is 0. The summed E-state index contributed by atoms with van der Waals surface area (Å²) in [5, 5.41) is 11.5. The van der Waals surface area contributed by atoms with E-state index >= 15 is 0 Å². The Balaban J connectivity index is 2.23. The smallest absolute Gasteiger partial charge is 0.222 e. The molecule has 2 aromatic rings. The fraction of sp³-hybridized carbons (Fsp3) is 0.308. The van der Waals surface area contributed by atoms with Gasteiger partial charge in [0.15, 0.2) is 11.7 Å². The third-order valence-electron chi connectivity index (χ3n) is 2.47. The molecular weight excluding hydrogens is 264 g/mol. The van der Waals surface area contributed by atoms with Crippen LogP contribution in [0.5, 0.6) is 0 Å². The van der Waals surface area contributed by atoms with E-state index in [0.29, 0.717) is 17.4 Å². The number of rotatable bonds is 5. The van der Waals surface area contributed by atoms with E-state index in [0.717, 1.165) is 5.69 Å². The van der Waals surface area contributed by atoms with Crippen LogP contribution < -0.4 is 0 Å². The third-order valence-corrected chi connectivity index (χ3v) is 3.49. The maximum absolute atomic E-state index is 12.2. The molecule has 2 aromatic heterocycles. The highest BCUT2D eigenvalue weighted by atomic mass is 32.1. The molecular formula is C13H12N2O3S. The number of hydrogen-bond acceptors (Lipinski definition) is 6. The number of furan rings is 1. The van der Waals surface area contributed by atoms with Gasteiger partial charge in [-0.3, -0.25) is 4.79 Å². The molecule has 6 heteroatoms. The lowest BCUT2D eigenvalue weighted by Crippen LogP contribution is -2.10. The Bertz CT molecular complexity index is 624. The van der Waals surface area contributed by atoms with Gasteiger partial charge in [-0.05, 0) is 19.1 Å². The van der Waals surface area contributed by atoms with Gasteiger partial charge in [-0.2, -0.15) is 5.26 Å². The van der Waals surface area contributed by atoms with Crippen LogP contribution in [0.25, 0.3) is 0 Å². The number of ether oxygens (including phenoxy) is 1. The number of carbonyl (C=O) groups is 1. The van der Waals surface area contributed by atoms with Gasteiger partial charge in [0.1, 0.15) is 17.4 Å². The van der Waals surface area contributed by atoms with Crippen molar-refractivity contribution in [2.45, 2.75) is 19.4 Å². The number of carbonyl (C=O) groups excluding carboxylic acids is 1. The first kappa shape index (κ1) is 13.5. The average molecular weight is 276 g/mol. The first-order valence-electron chi connectivity index (χ1n) is 5.59. The van der Waals surface area contributed by atoms with Crippen LogP contribution >= 0.6 is 11.3 Å². The van der Waals surface area contributed by atoms with E-state index < -0.39 is 5.92 Å². The van der Waals surface area contributed by atoms with Crippen molar-refractivity contribution in [3.63, 3.8) is 0 Å². The molecule has 0 aliphatic rings. The summed E-state index contributed by atoms with van der Waals surface area (Å²) in [7, 11) is 1.54. The van der Waals surface area contributed by atoms with Gasteiger partial charge in [0.25, 0.3) is 0 Å². The number of aromatic nitrogens is 1. The molecule has 0 amide bonds. The highest BCUT2D eigenvalue weighted by Gasteiger charge is 2.27. The Labute approximate surface area is 114 Å². The van der Waals surface area contributed by atoms with Gasteiger partial charge in [0.2, 0.25) is 5.78 Å². The van der Waals surface area contributed by atoms with E-state index in [-0.39, 0.29) is 11.5 Å². The molecule has 0 saturated heterocycles. The molecule has 0 aromatic carbocycles. The van der Waals surface area contributed by atoms with Crippen LogP contribution in [0, 0.1) is 18.3 Å². The predicted molar refractivity (Wildman–Crippen MR) is 69.0 cm³/mol. The average Bonchev–Trinajstić information content (AvgIpc) is 3.00. The largest absolute Gasteiger partial charge is 0.455 e. The predicted octanol–water partition coefficient (Wildman–Crippen LogP) is 2.68. The number of Topliss-reactive ketones (excluding diaryl/α,β-unsaturated/α-hetero) is 1. The van der Waals surface area contributed by atoms with Gasteiger partial charge in [-0.1, -0.05) is 0 Å². The highest BCUT2D eigenvalue weighted by molar-refractivity contribution is 7.10. The quantitative estimate of drug-likeness (QED) is 0.785. The van der Waals surface area contributed by atoms with Gasteiger partial charge in [-0.15, -0.1) is 11.3 Å². The number of methoxy groups -OCH3 is 1. The van der Waals surface area contributed by atoms with Crippen LogP contribution in [-0.4, -0.2) is 17.9 Å². The molecule has 5 nitrogen and oxygen atoms in total. The Hall–Kier alpha value is -1.97. The second kappa shape index (κ2) is 5.78. The molecule has 2 rings (SSSR count). The van der Waals surface area contributed by atoms with Crippen LogP contribution in [0.15, 0.2) is 21.9 Å². The third kappa shape index (κ3) is 2.89. The van der Waals surface area contributed by atoms with Crippen molar-refractivity contribution in [2.24, 2.45) is 0 Å². The Kier molecular flexibility index (Phi) is 4.10. The van der Waals surface area contributed by atoms with Crippen LogP contribution in [0.2, 0.25) is 0 Å². The second-order valence-corrected chi connectivity index (χ2v) is 4.84. The van der Waals surface area contributed by atoms with E-state index in [1.54, 1.807) is 19.2 Å². The second-order valence-electron chi connectivity index (χ2n) is 3.95. The highest BCUT2D eigenvalue weighted by Crippen LogP contribution is 2.24. The van der Waals surface area contributed by atoms with E-state index in [1.807, 2.05) is 18.4 Å². The molecule has 0 aliphatic carbocycles. The number of nitrogens with zero attached hydrogens (tertiary/aromatic N) is 2. The monoisotopic (exact) mass is 276 g/mol. The zero-order valence-corrected chi connectivity index (χ0v) is 11.4. The number of thiazole rings is 1. The topological polar surface area (TPSA) is 76.1 Å². The summed E-state index contributed by atoms with van der Waals surface area (Å²) >= 11 is 1.30. The standard InChI is InChI=1S/C13H12N2O3S/c1-8-7-19-13(15-8)10(5-14)12(16)11-4-3-9(18-11)6-17-2/h3-4,7,10H,6H2,1-2H3. The van der Waals surface area contributed by atoms with Gasteiger partial charge in [-0.25, -0.2) is 4.98 Å². The molecule has 0 saturated carbocycles. The molecule has 0 N–H and O–H groups in total. The van der Waals surface area contributed by atoms with Crippen molar-refractivity contribution in [2.75, 3.05) is 7.11 Å². The van der Waals surface area contributed by atoms with E-state index in [4.69, 9.17) is 14.4 Å². The number of hydrogen-bond donors (Lipinski definition) is 0. The van der Waals surface area contributed by atoms with Crippen molar-refractivity contribution in [1.82, 2.24) is 4.98 Å². The molecule has 0 fully saturated rings. The lowest BCUT2D eigenvalue weighted by atomic mass is 10.1. The SMILES string of the molecule is COCc1ccc(C(=O)C(C#N)c2nc(C)cs2)o1. The first-order valence-corrected chi connectivity index (χ1v) is 6.47. The molecule has 2 heterocycles. The minimum absolute atomic E-state index is 0.159. The van der Waals surface area contributed by atoms with Crippen molar-refractivity contribution >= 4 is 17.1 Å². The van der Waals surface area contributed by atoms with Gasteiger partial charge in [0.05, 0.1) is 6.07 Å². The van der Waals surface area contributed by atoms with Crippen molar-refractivity contribution < 1.29 is 13.9 Å². The normalized spacial score (nSPS) is 12.1. The van der Waals surface area contributed by atoms with E-state index in [2.05, 4.69) is 4.98 Å². The number of ketones is 1. The fourth-order valence-corrected chi connectivity index (χ4v) is 2.44. The minimum Gasteiger partial charge on any atom is -0.455 e. The zero-order valence-electron chi connectivity index (χ0n) is 10.5. The number of nitriles is 1. The van der Waals surface area contributed by atoms with E-state index in [1.165, 1.54) is 11.3 Å². The van der Waals surface area contributed by atoms with Gasteiger partial charge >= 0.3 is 0 Å². The molecule has 19 heavy (non-hydrogen) atoms. The van der Waals surface area contributed by atoms with Crippen LogP contribution in [0.1, 0.15) is 32.9 Å². The summed E-state index contributed by atoms with van der Waals surface area (Å²) < 4.78 is 10.3.